The predicted octanol–water partition coefficient (Wildman–Crippen LogP) is 1.94. The van der Waals surface area contributed by atoms with E-state index in [1.165, 1.54) is 5.56 Å². The molecule has 1 amide bonds. The third-order valence-electron chi connectivity index (χ3n) is 5.00. The first-order valence-electron chi connectivity index (χ1n) is 9.72. The molecule has 2 N–H and O–H groups in total. The molecule has 0 aromatic heterocycles. The van der Waals surface area contributed by atoms with Gasteiger partial charge >= 0.3 is 0 Å². The molecule has 1 aliphatic heterocycles. The van der Waals surface area contributed by atoms with E-state index in [-0.39, 0.29) is 5.91 Å². The first-order valence-corrected chi connectivity index (χ1v) is 9.72. The number of piperazine rings is 1. The maximum atomic E-state index is 11.8. The van der Waals surface area contributed by atoms with Crippen molar-refractivity contribution < 1.29 is 4.79 Å². The predicted molar refractivity (Wildman–Crippen MR) is 113 cm³/mol. The molecule has 2 aromatic carbocycles. The van der Waals surface area contributed by atoms with Crippen LogP contribution in [0.15, 0.2) is 59.6 Å². The lowest BCUT2D eigenvalue weighted by molar-refractivity contribution is 0.0963. The number of guanidine groups is 1. The molecule has 1 fully saturated rings. The molecule has 1 heterocycles. The SMILES string of the molecule is CN=C(NCc1cccc(C(=O)NC)c1)N1CCN(Cc2ccccc2)CC1. The van der Waals surface area contributed by atoms with Gasteiger partial charge in [0.05, 0.1) is 0 Å². The second-order valence-corrected chi connectivity index (χ2v) is 6.93. The van der Waals surface area contributed by atoms with Crippen LogP contribution in [0.3, 0.4) is 0 Å². The topological polar surface area (TPSA) is 60.0 Å². The van der Waals surface area contributed by atoms with Gasteiger partial charge in [-0.2, -0.15) is 0 Å². The van der Waals surface area contributed by atoms with E-state index in [4.69, 9.17) is 0 Å². The molecule has 0 unspecified atom stereocenters. The van der Waals surface area contributed by atoms with Crippen molar-refractivity contribution in [2.75, 3.05) is 40.3 Å². The summed E-state index contributed by atoms with van der Waals surface area (Å²) >= 11 is 0. The zero-order valence-corrected chi connectivity index (χ0v) is 16.7. The van der Waals surface area contributed by atoms with Crippen LogP contribution in [0.1, 0.15) is 21.5 Å². The minimum atomic E-state index is -0.0687. The third-order valence-corrected chi connectivity index (χ3v) is 5.00. The number of aliphatic imine (C=N–C) groups is 1. The molecule has 0 spiro atoms. The lowest BCUT2D eigenvalue weighted by Crippen LogP contribution is -2.52. The number of nitrogens with one attached hydrogen (secondary N) is 2. The van der Waals surface area contributed by atoms with Gasteiger partial charge in [0.15, 0.2) is 5.96 Å². The molecule has 0 bridgehead atoms. The number of hydrogen-bond donors (Lipinski definition) is 2. The van der Waals surface area contributed by atoms with Gasteiger partial charge in [0.1, 0.15) is 0 Å². The van der Waals surface area contributed by atoms with Gasteiger partial charge in [-0.25, -0.2) is 0 Å². The van der Waals surface area contributed by atoms with Gasteiger partial charge in [-0.05, 0) is 23.3 Å². The zero-order chi connectivity index (χ0) is 19.8. The Kier molecular flexibility index (Phi) is 7.03. The van der Waals surface area contributed by atoms with E-state index in [2.05, 4.69) is 55.8 Å². The van der Waals surface area contributed by atoms with Gasteiger partial charge in [-0.1, -0.05) is 42.5 Å². The Morgan fingerprint density at radius 1 is 1.00 bits per heavy atom. The molecule has 0 aliphatic carbocycles. The second-order valence-electron chi connectivity index (χ2n) is 6.93. The van der Waals surface area contributed by atoms with Gasteiger partial charge in [0.2, 0.25) is 0 Å². The highest BCUT2D eigenvalue weighted by Gasteiger charge is 2.19. The van der Waals surface area contributed by atoms with Gasteiger partial charge in [0, 0.05) is 58.9 Å². The minimum Gasteiger partial charge on any atom is -0.355 e. The van der Waals surface area contributed by atoms with Crippen LogP contribution in [-0.2, 0) is 13.1 Å². The smallest absolute Gasteiger partial charge is 0.251 e. The molecule has 148 valence electrons. The van der Waals surface area contributed by atoms with E-state index in [0.29, 0.717) is 12.1 Å². The number of benzene rings is 2. The van der Waals surface area contributed by atoms with Crippen LogP contribution in [0.4, 0.5) is 0 Å². The van der Waals surface area contributed by atoms with E-state index in [1.54, 1.807) is 7.05 Å². The van der Waals surface area contributed by atoms with Crippen molar-refractivity contribution in [1.82, 2.24) is 20.4 Å². The minimum absolute atomic E-state index is 0.0687. The molecule has 2 aromatic rings. The van der Waals surface area contributed by atoms with E-state index in [9.17, 15) is 4.79 Å². The molecule has 6 nitrogen and oxygen atoms in total. The standard InChI is InChI=1S/C22H29N5O/c1-23-21(28)20-10-6-9-19(15-20)16-25-22(24-2)27-13-11-26(12-14-27)17-18-7-4-3-5-8-18/h3-10,15H,11-14,16-17H2,1-2H3,(H,23,28)(H,24,25). The summed E-state index contributed by atoms with van der Waals surface area (Å²) < 4.78 is 0. The van der Waals surface area contributed by atoms with Crippen LogP contribution in [-0.4, -0.2) is 61.9 Å². The summed E-state index contributed by atoms with van der Waals surface area (Å²) in [6.45, 7) is 5.56. The molecule has 0 atom stereocenters. The van der Waals surface area contributed by atoms with Crippen LogP contribution < -0.4 is 10.6 Å². The van der Waals surface area contributed by atoms with Gasteiger partial charge in [0.25, 0.3) is 5.91 Å². The monoisotopic (exact) mass is 379 g/mol. The Hall–Kier alpha value is -2.86. The lowest BCUT2D eigenvalue weighted by Gasteiger charge is -2.36. The van der Waals surface area contributed by atoms with Crippen molar-refractivity contribution in [3.05, 3.63) is 71.3 Å². The van der Waals surface area contributed by atoms with Crippen molar-refractivity contribution in [2.24, 2.45) is 4.99 Å². The average Bonchev–Trinajstić information content (AvgIpc) is 2.75. The summed E-state index contributed by atoms with van der Waals surface area (Å²) in [5.41, 5.74) is 3.09. The number of hydrogen-bond acceptors (Lipinski definition) is 3. The fourth-order valence-electron chi connectivity index (χ4n) is 3.44. The molecule has 28 heavy (non-hydrogen) atoms. The number of nitrogens with zero attached hydrogens (tertiary/aromatic N) is 3. The maximum Gasteiger partial charge on any atom is 0.251 e. The molecule has 3 rings (SSSR count). The van der Waals surface area contributed by atoms with E-state index < -0.39 is 0 Å². The van der Waals surface area contributed by atoms with Crippen LogP contribution in [0.5, 0.6) is 0 Å². The first kappa shape index (κ1) is 19.9. The number of carbonyl (C=O) groups excluding carboxylic acids is 1. The normalized spacial score (nSPS) is 15.4. The van der Waals surface area contributed by atoms with E-state index in [1.807, 2.05) is 31.3 Å². The Labute approximate surface area is 167 Å². The Morgan fingerprint density at radius 3 is 2.39 bits per heavy atom. The number of amides is 1. The van der Waals surface area contributed by atoms with Crippen molar-refractivity contribution in [3.63, 3.8) is 0 Å². The summed E-state index contributed by atoms with van der Waals surface area (Å²) in [4.78, 5) is 21.0. The van der Waals surface area contributed by atoms with Crippen LogP contribution in [0.2, 0.25) is 0 Å². The first-order chi connectivity index (χ1) is 13.7. The maximum absolute atomic E-state index is 11.8. The number of carbonyl (C=O) groups is 1. The molecular weight excluding hydrogens is 350 g/mol. The quantitative estimate of drug-likeness (QED) is 0.616. The summed E-state index contributed by atoms with van der Waals surface area (Å²) in [7, 11) is 3.46. The molecular formula is C22H29N5O. The van der Waals surface area contributed by atoms with E-state index >= 15 is 0 Å². The molecule has 0 radical (unpaired) electrons. The highest BCUT2D eigenvalue weighted by molar-refractivity contribution is 5.94. The fourth-order valence-corrected chi connectivity index (χ4v) is 3.44. The molecule has 1 aliphatic rings. The van der Waals surface area contributed by atoms with Crippen molar-refractivity contribution in [3.8, 4) is 0 Å². The zero-order valence-electron chi connectivity index (χ0n) is 16.7. The molecule has 6 heteroatoms. The number of rotatable bonds is 5. The Bertz CT molecular complexity index is 798. The summed E-state index contributed by atoms with van der Waals surface area (Å²) in [5.74, 6) is 0.838. The van der Waals surface area contributed by atoms with Crippen molar-refractivity contribution in [1.29, 1.82) is 0 Å². The fraction of sp³-hybridized carbons (Fsp3) is 0.364. The molecule has 1 saturated heterocycles. The van der Waals surface area contributed by atoms with Crippen molar-refractivity contribution >= 4 is 11.9 Å². The van der Waals surface area contributed by atoms with Crippen LogP contribution in [0.25, 0.3) is 0 Å². The Balaban J connectivity index is 1.50. The summed E-state index contributed by atoms with van der Waals surface area (Å²) in [6, 6.07) is 18.3. The summed E-state index contributed by atoms with van der Waals surface area (Å²) in [6.07, 6.45) is 0. The summed E-state index contributed by atoms with van der Waals surface area (Å²) in [5, 5.41) is 6.09. The van der Waals surface area contributed by atoms with Crippen molar-refractivity contribution in [2.45, 2.75) is 13.1 Å². The largest absolute Gasteiger partial charge is 0.355 e. The highest BCUT2D eigenvalue weighted by Crippen LogP contribution is 2.09. The van der Waals surface area contributed by atoms with Gasteiger partial charge in [-0.3, -0.25) is 14.7 Å². The van der Waals surface area contributed by atoms with E-state index in [0.717, 1.165) is 44.2 Å². The van der Waals surface area contributed by atoms with Gasteiger partial charge in [-0.15, -0.1) is 0 Å². The lowest BCUT2D eigenvalue weighted by atomic mass is 10.1. The average molecular weight is 380 g/mol. The van der Waals surface area contributed by atoms with Crippen LogP contribution in [0, 0.1) is 0 Å². The third kappa shape index (κ3) is 5.33. The highest BCUT2D eigenvalue weighted by atomic mass is 16.1. The van der Waals surface area contributed by atoms with Crippen LogP contribution >= 0.6 is 0 Å². The second kappa shape index (κ2) is 9.90. The van der Waals surface area contributed by atoms with Gasteiger partial charge < -0.3 is 15.5 Å². The molecule has 0 saturated carbocycles. The Morgan fingerprint density at radius 2 is 1.71 bits per heavy atom.